The second-order valence-corrected chi connectivity index (χ2v) is 12.2. The Morgan fingerprint density at radius 1 is 1.31 bits per heavy atom. The van der Waals surface area contributed by atoms with E-state index in [1.54, 1.807) is 25.1 Å². The number of rotatable bonds is 13. The maximum absolute atomic E-state index is 16.5. The minimum absolute atomic E-state index is 0.0813. The number of anilines is 1. The van der Waals surface area contributed by atoms with Gasteiger partial charge >= 0.3 is 13.7 Å². The Kier molecular flexibility index (Phi) is 9.38. The number of hydrogen-bond acceptors (Lipinski definition) is 12. The summed E-state index contributed by atoms with van der Waals surface area (Å²) in [5.41, 5.74) is 1.31. The highest BCUT2D eigenvalue weighted by Crippen LogP contribution is 2.50. The van der Waals surface area contributed by atoms with Crippen LogP contribution in [0.1, 0.15) is 40.8 Å². The number of esters is 1. The fraction of sp³-hybridized carbons (Fsp3) is 0.538. The minimum Gasteiger partial charge on any atom is -0.476 e. The molecule has 0 aliphatic carbocycles. The summed E-state index contributed by atoms with van der Waals surface area (Å²) in [5, 5.41) is 14.0. The van der Waals surface area contributed by atoms with Gasteiger partial charge in [-0.1, -0.05) is 32.0 Å². The van der Waals surface area contributed by atoms with Gasteiger partial charge < -0.3 is 29.6 Å². The normalized spacial score (nSPS) is 24.4. The number of fused-ring (bicyclic) bond motifs is 1. The summed E-state index contributed by atoms with van der Waals surface area (Å²) >= 11 is 0. The fourth-order valence-corrected chi connectivity index (χ4v) is 5.69. The van der Waals surface area contributed by atoms with Crippen molar-refractivity contribution in [2.24, 2.45) is 5.92 Å². The van der Waals surface area contributed by atoms with Crippen molar-refractivity contribution in [2.75, 3.05) is 32.2 Å². The first-order valence-electron chi connectivity index (χ1n) is 13.4. The molecule has 14 nitrogen and oxygen atoms in total. The SMILES string of the molecule is CCOc1nc(N)nc2c1ncn2[C@@H]1OCC(O)(COP(=O)(NC(C)C(=O)OCC(C)C)Oc2ccccc2)[C@@]1(C)F. The first-order valence-corrected chi connectivity index (χ1v) is 14.9. The molecule has 0 spiro atoms. The topological polar surface area (TPSA) is 182 Å². The van der Waals surface area contributed by atoms with Crippen molar-refractivity contribution in [3.8, 4) is 11.6 Å². The molecule has 4 N–H and O–H groups in total. The number of aromatic nitrogens is 4. The van der Waals surface area contributed by atoms with E-state index >= 15 is 4.39 Å². The molecule has 3 unspecified atom stereocenters. The van der Waals surface area contributed by atoms with E-state index in [0.29, 0.717) is 0 Å². The zero-order valence-electron chi connectivity index (χ0n) is 24.0. The standard InChI is InChI=1S/C26H36FN6O8P/c1-6-37-21-19-20(30-24(28)31-21)33(15-29-19)23-25(5,27)26(35,13-39-23)14-40-42(36,41-18-10-8-7-9-11-18)32-17(4)22(34)38-12-16(2)3/h7-11,15-17,23,35H,6,12-14H2,1-5H3,(H,32,36)(H2,28,30,31)/t17?,23-,25+,26?,42?/m1/s1. The third-order valence-corrected chi connectivity index (χ3v) is 8.12. The van der Waals surface area contributed by atoms with Crippen LogP contribution in [0.3, 0.4) is 0 Å². The first kappa shape index (κ1) is 31.6. The molecular weight excluding hydrogens is 574 g/mol. The lowest BCUT2D eigenvalue weighted by Crippen LogP contribution is -2.53. The van der Waals surface area contributed by atoms with E-state index < -0.39 is 50.5 Å². The third kappa shape index (κ3) is 6.65. The molecule has 1 aliphatic heterocycles. The number of ether oxygens (including phenoxy) is 3. The summed E-state index contributed by atoms with van der Waals surface area (Å²) in [6.07, 6.45) is -0.168. The maximum atomic E-state index is 16.5. The van der Waals surface area contributed by atoms with Crippen molar-refractivity contribution in [3.05, 3.63) is 36.7 Å². The summed E-state index contributed by atoms with van der Waals surface area (Å²) in [4.78, 5) is 24.9. The molecule has 0 bridgehead atoms. The van der Waals surface area contributed by atoms with Crippen LogP contribution in [0.2, 0.25) is 0 Å². The maximum Gasteiger partial charge on any atom is 0.459 e. The first-order chi connectivity index (χ1) is 19.8. The van der Waals surface area contributed by atoms with Crippen molar-refractivity contribution in [3.63, 3.8) is 0 Å². The zero-order chi connectivity index (χ0) is 30.7. The molecule has 0 radical (unpaired) electrons. The van der Waals surface area contributed by atoms with Gasteiger partial charge in [0.1, 0.15) is 17.4 Å². The molecular formula is C26H36FN6O8P. The molecule has 16 heteroatoms. The number of nitrogens with two attached hydrogens (primary N) is 1. The number of carbonyl (C=O) groups excluding carboxylic acids is 1. The molecule has 4 rings (SSSR count). The molecule has 42 heavy (non-hydrogen) atoms. The van der Waals surface area contributed by atoms with Gasteiger partial charge in [-0.05, 0) is 38.8 Å². The van der Waals surface area contributed by atoms with Gasteiger partial charge in [0.05, 0.1) is 32.8 Å². The van der Waals surface area contributed by atoms with Gasteiger partial charge in [0, 0.05) is 0 Å². The Hall–Kier alpha value is -3.36. The van der Waals surface area contributed by atoms with E-state index in [0.717, 1.165) is 6.92 Å². The van der Waals surface area contributed by atoms with Crippen molar-refractivity contribution in [1.82, 2.24) is 24.6 Å². The highest BCUT2D eigenvalue weighted by molar-refractivity contribution is 7.52. The predicted molar refractivity (Wildman–Crippen MR) is 149 cm³/mol. The molecule has 1 aliphatic rings. The van der Waals surface area contributed by atoms with Crippen molar-refractivity contribution < 1.29 is 42.1 Å². The zero-order valence-corrected chi connectivity index (χ0v) is 24.9. The molecule has 0 amide bonds. The summed E-state index contributed by atoms with van der Waals surface area (Å²) < 4.78 is 59.2. The smallest absolute Gasteiger partial charge is 0.459 e. The van der Waals surface area contributed by atoms with Crippen LogP contribution in [0.5, 0.6) is 11.6 Å². The van der Waals surface area contributed by atoms with Crippen LogP contribution >= 0.6 is 7.75 Å². The average Bonchev–Trinajstić information content (AvgIpc) is 3.44. The number of imidazole rings is 1. The Morgan fingerprint density at radius 3 is 2.69 bits per heavy atom. The molecule has 3 aromatic rings. The van der Waals surface area contributed by atoms with E-state index in [1.165, 1.54) is 30.0 Å². The second kappa shape index (κ2) is 12.5. The van der Waals surface area contributed by atoms with Crippen molar-refractivity contribution >= 4 is 30.8 Å². The van der Waals surface area contributed by atoms with Gasteiger partial charge in [-0.15, -0.1) is 0 Å². The number of nitrogens with one attached hydrogen (secondary N) is 1. The number of nitrogens with zero attached hydrogens (tertiary/aromatic N) is 4. The van der Waals surface area contributed by atoms with Gasteiger partial charge in [0.25, 0.3) is 0 Å². The predicted octanol–water partition coefficient (Wildman–Crippen LogP) is 3.18. The van der Waals surface area contributed by atoms with Crippen LogP contribution in [-0.2, 0) is 23.4 Å². The second-order valence-electron chi connectivity index (χ2n) is 10.5. The summed E-state index contributed by atoms with van der Waals surface area (Å²) in [6, 6.07) is 6.93. The number of carbonyl (C=O) groups is 1. The van der Waals surface area contributed by atoms with E-state index in [9.17, 15) is 14.5 Å². The molecule has 0 saturated carbocycles. The van der Waals surface area contributed by atoms with Gasteiger partial charge in [-0.3, -0.25) is 13.9 Å². The van der Waals surface area contributed by atoms with Gasteiger partial charge in [-0.2, -0.15) is 15.1 Å². The molecule has 3 heterocycles. The highest BCUT2D eigenvalue weighted by Gasteiger charge is 2.61. The van der Waals surface area contributed by atoms with E-state index in [4.69, 9.17) is 29.0 Å². The van der Waals surface area contributed by atoms with E-state index in [1.807, 2.05) is 13.8 Å². The number of hydrogen-bond donors (Lipinski definition) is 3. The number of alkyl halides is 1. The van der Waals surface area contributed by atoms with Crippen molar-refractivity contribution in [1.29, 1.82) is 0 Å². The molecule has 1 aromatic carbocycles. The largest absolute Gasteiger partial charge is 0.476 e. The van der Waals surface area contributed by atoms with Crippen molar-refractivity contribution in [2.45, 2.75) is 58.2 Å². The molecule has 5 atom stereocenters. The Morgan fingerprint density at radius 2 is 2.02 bits per heavy atom. The van der Waals surface area contributed by atoms with Crippen LogP contribution in [0, 0.1) is 5.92 Å². The van der Waals surface area contributed by atoms with Gasteiger partial charge in [-0.25, -0.2) is 13.9 Å². The minimum atomic E-state index is -4.40. The third-order valence-electron chi connectivity index (χ3n) is 6.50. The lowest BCUT2D eigenvalue weighted by atomic mass is 9.88. The number of para-hydroxylation sites is 1. The molecule has 2 aromatic heterocycles. The van der Waals surface area contributed by atoms with E-state index in [-0.39, 0.29) is 47.9 Å². The Balaban J connectivity index is 1.57. The van der Waals surface area contributed by atoms with Crippen LogP contribution in [0.25, 0.3) is 11.2 Å². The van der Waals surface area contributed by atoms with Crippen LogP contribution in [-0.4, -0.2) is 74.3 Å². The van der Waals surface area contributed by atoms with E-state index in [2.05, 4.69) is 20.0 Å². The van der Waals surface area contributed by atoms with Crippen LogP contribution in [0.4, 0.5) is 10.3 Å². The molecule has 230 valence electrons. The van der Waals surface area contributed by atoms with Crippen LogP contribution < -0.4 is 20.1 Å². The quantitative estimate of drug-likeness (QED) is 0.190. The number of halogens is 1. The highest BCUT2D eigenvalue weighted by atomic mass is 31.2. The average molecular weight is 611 g/mol. The lowest BCUT2D eigenvalue weighted by molar-refractivity contribution is -0.146. The summed E-state index contributed by atoms with van der Waals surface area (Å²) in [5.74, 6) is -0.475. The fourth-order valence-electron chi connectivity index (χ4n) is 4.15. The lowest BCUT2D eigenvalue weighted by Gasteiger charge is -2.34. The monoisotopic (exact) mass is 610 g/mol. The summed E-state index contributed by atoms with van der Waals surface area (Å²) in [6.45, 7) is 7.06. The van der Waals surface area contributed by atoms with Crippen LogP contribution in [0.15, 0.2) is 36.7 Å². The number of nitrogen functional groups attached to an aromatic ring is 1. The summed E-state index contributed by atoms with van der Waals surface area (Å²) in [7, 11) is -4.40. The number of benzene rings is 1. The van der Waals surface area contributed by atoms with Gasteiger partial charge in [0.2, 0.25) is 11.8 Å². The number of aliphatic hydroxyl groups is 1. The van der Waals surface area contributed by atoms with Gasteiger partial charge in [0.15, 0.2) is 23.1 Å². The Labute approximate surface area is 242 Å². The molecule has 1 fully saturated rings. The molecule has 1 saturated heterocycles. The Bertz CT molecular complexity index is 1440.